The Morgan fingerprint density at radius 3 is 2.44 bits per heavy atom. The second-order valence-electron chi connectivity index (χ2n) is 3.52. The van der Waals surface area contributed by atoms with Crippen LogP contribution in [0.25, 0.3) is 0 Å². The lowest BCUT2D eigenvalue weighted by Crippen LogP contribution is -2.23. The van der Waals surface area contributed by atoms with Crippen LogP contribution < -0.4 is 15.4 Å². The summed E-state index contributed by atoms with van der Waals surface area (Å²) in [5.41, 5.74) is 6.49. The first-order chi connectivity index (χ1) is 7.77. The van der Waals surface area contributed by atoms with E-state index >= 15 is 0 Å². The highest BCUT2D eigenvalue weighted by atomic mass is 16.5. The fraction of sp³-hybridized carbons (Fsp3) is 0.500. The van der Waals surface area contributed by atoms with Gasteiger partial charge in [-0.1, -0.05) is 0 Å². The van der Waals surface area contributed by atoms with Gasteiger partial charge in [-0.15, -0.1) is 0 Å². The van der Waals surface area contributed by atoms with E-state index in [0.717, 1.165) is 18.0 Å². The molecular formula is C12H20N2O2. The van der Waals surface area contributed by atoms with Gasteiger partial charge in [0.05, 0.1) is 20.3 Å². The molecule has 2 N–H and O–H groups in total. The van der Waals surface area contributed by atoms with Gasteiger partial charge in [0.2, 0.25) is 0 Å². The molecular weight excluding hydrogens is 204 g/mol. The van der Waals surface area contributed by atoms with Gasteiger partial charge < -0.3 is 20.1 Å². The van der Waals surface area contributed by atoms with Crippen LogP contribution >= 0.6 is 0 Å². The minimum absolute atomic E-state index is 0.576. The Balaban J connectivity index is 2.37. The van der Waals surface area contributed by atoms with Crippen molar-refractivity contribution < 1.29 is 9.47 Å². The molecule has 0 aromatic heterocycles. The lowest BCUT2D eigenvalue weighted by Gasteiger charge is -2.19. The van der Waals surface area contributed by atoms with E-state index in [1.807, 2.05) is 31.3 Å². The van der Waals surface area contributed by atoms with E-state index in [9.17, 15) is 0 Å². The molecule has 16 heavy (non-hydrogen) atoms. The van der Waals surface area contributed by atoms with Gasteiger partial charge in [0.1, 0.15) is 5.75 Å². The second kappa shape index (κ2) is 7.09. The molecule has 4 nitrogen and oxygen atoms in total. The Kier molecular flexibility index (Phi) is 5.67. The Labute approximate surface area is 96.9 Å². The van der Waals surface area contributed by atoms with Crippen LogP contribution in [0.3, 0.4) is 0 Å². The van der Waals surface area contributed by atoms with Crippen molar-refractivity contribution in [1.29, 1.82) is 0 Å². The number of likely N-dealkylation sites (N-methyl/N-ethyl adjacent to an activating group) is 1. The molecule has 0 amide bonds. The van der Waals surface area contributed by atoms with E-state index in [2.05, 4.69) is 4.90 Å². The minimum Gasteiger partial charge on any atom is -0.497 e. The summed E-state index contributed by atoms with van der Waals surface area (Å²) in [5.74, 6) is 0.872. The number of hydrogen-bond donors (Lipinski definition) is 1. The average molecular weight is 224 g/mol. The summed E-state index contributed by atoms with van der Waals surface area (Å²) < 4.78 is 10.4. The number of hydrogen-bond acceptors (Lipinski definition) is 4. The zero-order valence-electron chi connectivity index (χ0n) is 9.98. The topological polar surface area (TPSA) is 47.7 Å². The summed E-state index contributed by atoms with van der Waals surface area (Å²) in [6.07, 6.45) is 0. The van der Waals surface area contributed by atoms with Crippen molar-refractivity contribution in [2.24, 2.45) is 5.73 Å². The molecule has 90 valence electrons. The van der Waals surface area contributed by atoms with E-state index in [1.165, 1.54) is 0 Å². The summed E-state index contributed by atoms with van der Waals surface area (Å²) in [4.78, 5) is 2.13. The van der Waals surface area contributed by atoms with Crippen molar-refractivity contribution in [3.05, 3.63) is 24.3 Å². The Morgan fingerprint density at radius 2 is 1.88 bits per heavy atom. The highest BCUT2D eigenvalue weighted by Gasteiger charge is 2.00. The largest absolute Gasteiger partial charge is 0.497 e. The maximum absolute atomic E-state index is 5.34. The monoisotopic (exact) mass is 224 g/mol. The predicted octanol–water partition coefficient (Wildman–Crippen LogP) is 1.11. The molecule has 0 aliphatic heterocycles. The minimum atomic E-state index is 0.576. The summed E-state index contributed by atoms with van der Waals surface area (Å²) in [7, 11) is 3.70. The van der Waals surface area contributed by atoms with Gasteiger partial charge in [-0.2, -0.15) is 0 Å². The molecule has 4 heteroatoms. The molecule has 0 radical (unpaired) electrons. The van der Waals surface area contributed by atoms with Gasteiger partial charge in [0, 0.05) is 25.8 Å². The normalized spacial score (nSPS) is 10.2. The number of benzene rings is 1. The molecule has 1 aromatic carbocycles. The molecule has 0 aliphatic rings. The van der Waals surface area contributed by atoms with Crippen molar-refractivity contribution >= 4 is 5.69 Å². The maximum atomic E-state index is 5.34. The summed E-state index contributed by atoms with van der Waals surface area (Å²) in [6, 6.07) is 7.96. The zero-order chi connectivity index (χ0) is 11.8. The first kappa shape index (κ1) is 12.8. The summed E-state index contributed by atoms with van der Waals surface area (Å²) >= 11 is 0. The van der Waals surface area contributed by atoms with Crippen LogP contribution in [0, 0.1) is 0 Å². The van der Waals surface area contributed by atoms with Crippen LogP contribution in [0.15, 0.2) is 24.3 Å². The van der Waals surface area contributed by atoms with E-state index in [1.54, 1.807) is 7.11 Å². The van der Waals surface area contributed by atoms with Crippen molar-refractivity contribution in [1.82, 2.24) is 0 Å². The molecule has 1 aromatic rings. The molecule has 0 spiro atoms. The van der Waals surface area contributed by atoms with E-state index in [0.29, 0.717) is 19.8 Å². The Morgan fingerprint density at radius 1 is 1.19 bits per heavy atom. The fourth-order valence-electron chi connectivity index (χ4n) is 1.35. The predicted molar refractivity (Wildman–Crippen MR) is 66.1 cm³/mol. The van der Waals surface area contributed by atoms with Crippen molar-refractivity contribution in [3.63, 3.8) is 0 Å². The maximum Gasteiger partial charge on any atom is 0.119 e. The number of nitrogens with two attached hydrogens (primary N) is 1. The van der Waals surface area contributed by atoms with Crippen LogP contribution in [-0.4, -0.2) is 40.5 Å². The molecule has 0 aliphatic carbocycles. The number of nitrogens with zero attached hydrogens (tertiary/aromatic N) is 1. The molecule has 0 fully saturated rings. The first-order valence-corrected chi connectivity index (χ1v) is 5.41. The van der Waals surface area contributed by atoms with Crippen LogP contribution in [0.4, 0.5) is 5.69 Å². The molecule has 0 heterocycles. The average Bonchev–Trinajstić information content (AvgIpc) is 2.34. The number of rotatable bonds is 7. The molecule has 0 unspecified atom stereocenters. The standard InChI is InChI=1S/C12H20N2O2/c1-14(8-10-16-9-7-13)11-3-5-12(15-2)6-4-11/h3-6H,7-10,13H2,1-2H3. The number of methoxy groups -OCH3 is 1. The molecule has 0 bridgehead atoms. The van der Waals surface area contributed by atoms with Gasteiger partial charge in [-0.25, -0.2) is 0 Å². The number of anilines is 1. The molecule has 0 atom stereocenters. The third-order valence-electron chi connectivity index (χ3n) is 2.35. The van der Waals surface area contributed by atoms with Gasteiger partial charge in [-0.05, 0) is 24.3 Å². The third kappa shape index (κ3) is 4.08. The summed E-state index contributed by atoms with van der Waals surface area (Å²) in [6.45, 7) is 2.74. The highest BCUT2D eigenvalue weighted by Crippen LogP contribution is 2.17. The third-order valence-corrected chi connectivity index (χ3v) is 2.35. The molecule has 0 saturated heterocycles. The second-order valence-corrected chi connectivity index (χ2v) is 3.52. The quantitative estimate of drug-likeness (QED) is 0.705. The SMILES string of the molecule is COc1ccc(N(C)CCOCCN)cc1. The first-order valence-electron chi connectivity index (χ1n) is 5.41. The van der Waals surface area contributed by atoms with Crippen molar-refractivity contribution in [2.75, 3.05) is 45.4 Å². The zero-order valence-corrected chi connectivity index (χ0v) is 9.98. The molecule has 1 rings (SSSR count). The van der Waals surface area contributed by atoms with Crippen LogP contribution in [0.2, 0.25) is 0 Å². The lowest BCUT2D eigenvalue weighted by molar-refractivity contribution is 0.148. The van der Waals surface area contributed by atoms with Crippen molar-refractivity contribution in [3.8, 4) is 5.75 Å². The fourth-order valence-corrected chi connectivity index (χ4v) is 1.35. The van der Waals surface area contributed by atoms with Gasteiger partial charge in [-0.3, -0.25) is 0 Å². The van der Waals surface area contributed by atoms with Gasteiger partial charge in [0.15, 0.2) is 0 Å². The van der Waals surface area contributed by atoms with E-state index in [4.69, 9.17) is 15.2 Å². The van der Waals surface area contributed by atoms with E-state index < -0.39 is 0 Å². The van der Waals surface area contributed by atoms with Gasteiger partial charge in [0.25, 0.3) is 0 Å². The van der Waals surface area contributed by atoms with Crippen LogP contribution in [0.1, 0.15) is 0 Å². The Bertz CT molecular complexity index is 288. The summed E-state index contributed by atoms with van der Waals surface area (Å²) in [5, 5.41) is 0. The molecule has 0 saturated carbocycles. The van der Waals surface area contributed by atoms with Crippen LogP contribution in [-0.2, 0) is 4.74 Å². The number of ether oxygens (including phenoxy) is 2. The van der Waals surface area contributed by atoms with Crippen molar-refractivity contribution in [2.45, 2.75) is 0 Å². The van der Waals surface area contributed by atoms with Gasteiger partial charge >= 0.3 is 0 Å². The van der Waals surface area contributed by atoms with E-state index in [-0.39, 0.29) is 0 Å². The lowest BCUT2D eigenvalue weighted by atomic mass is 10.3. The smallest absolute Gasteiger partial charge is 0.119 e. The highest BCUT2D eigenvalue weighted by molar-refractivity contribution is 5.48. The Hall–Kier alpha value is -1.26. The van der Waals surface area contributed by atoms with Crippen LogP contribution in [0.5, 0.6) is 5.75 Å².